The highest BCUT2D eigenvalue weighted by Gasteiger charge is 2.14. The van der Waals surface area contributed by atoms with E-state index in [0.717, 1.165) is 38.8 Å². The second-order valence-electron chi connectivity index (χ2n) is 6.97. The number of rotatable bonds is 6. The molecule has 1 amide bonds. The minimum absolute atomic E-state index is 0.164. The van der Waals surface area contributed by atoms with Gasteiger partial charge in [-0.05, 0) is 42.8 Å². The second kappa shape index (κ2) is 8.59. The number of aromatic nitrogens is 2. The van der Waals surface area contributed by atoms with Crippen LogP contribution in [0.3, 0.4) is 0 Å². The van der Waals surface area contributed by atoms with Crippen LogP contribution in [0.2, 0.25) is 5.02 Å². The lowest BCUT2D eigenvalue weighted by molar-refractivity contribution is -0.116. The predicted octanol–water partition coefficient (Wildman–Crippen LogP) is 4.99. The normalized spacial score (nSPS) is 11.4. The van der Waals surface area contributed by atoms with Gasteiger partial charge in [0.2, 0.25) is 5.91 Å². The van der Waals surface area contributed by atoms with Crippen molar-refractivity contribution in [2.75, 3.05) is 13.7 Å². The number of ether oxygens (including phenoxy) is 1. The van der Waals surface area contributed by atoms with Crippen molar-refractivity contribution in [2.24, 2.45) is 0 Å². The van der Waals surface area contributed by atoms with E-state index in [4.69, 9.17) is 16.3 Å². The van der Waals surface area contributed by atoms with Gasteiger partial charge in [0.25, 0.3) is 0 Å². The van der Waals surface area contributed by atoms with Gasteiger partial charge in [-0.25, -0.2) is 0 Å². The molecule has 0 atom stereocenters. The molecule has 0 saturated carbocycles. The summed E-state index contributed by atoms with van der Waals surface area (Å²) in [6, 6.07) is 15.5. The van der Waals surface area contributed by atoms with Gasteiger partial charge in [0.05, 0.1) is 23.8 Å². The number of fused-ring (bicyclic) bond motifs is 3. The number of aryl methyl sites for hydroxylation is 1. The summed E-state index contributed by atoms with van der Waals surface area (Å²) in [5.74, 6) is 0.631. The van der Waals surface area contributed by atoms with Crippen molar-refractivity contribution >= 4 is 45.4 Å². The molecule has 0 aliphatic rings. The molecule has 0 aliphatic heterocycles. The molecule has 0 saturated heterocycles. The maximum atomic E-state index is 12.3. The highest BCUT2D eigenvalue weighted by Crippen LogP contribution is 2.32. The van der Waals surface area contributed by atoms with Crippen LogP contribution in [0.15, 0.2) is 60.8 Å². The van der Waals surface area contributed by atoms with Gasteiger partial charge in [0.15, 0.2) is 0 Å². The first kappa shape index (κ1) is 20.0. The SMILES string of the molecule is COc1ccc2c3ccnc(C)c3n(CCNC(=O)/C=C/c3ccccc3Cl)c2c1. The average Bonchev–Trinajstić information content (AvgIpc) is 3.07. The lowest BCUT2D eigenvalue weighted by atomic mass is 10.1. The molecule has 1 N–H and O–H groups in total. The lowest BCUT2D eigenvalue weighted by Gasteiger charge is -2.10. The van der Waals surface area contributed by atoms with Gasteiger partial charge in [-0.2, -0.15) is 0 Å². The summed E-state index contributed by atoms with van der Waals surface area (Å²) in [7, 11) is 1.66. The fourth-order valence-corrected chi connectivity index (χ4v) is 3.88. The second-order valence-corrected chi connectivity index (χ2v) is 7.38. The number of methoxy groups -OCH3 is 1. The van der Waals surface area contributed by atoms with Crippen LogP contribution >= 0.6 is 11.6 Å². The smallest absolute Gasteiger partial charge is 0.244 e. The van der Waals surface area contributed by atoms with Gasteiger partial charge < -0.3 is 14.6 Å². The van der Waals surface area contributed by atoms with Gasteiger partial charge >= 0.3 is 0 Å². The molecule has 0 aliphatic carbocycles. The molecular weight excluding hydrogens is 398 g/mol. The Labute approximate surface area is 179 Å². The third-order valence-electron chi connectivity index (χ3n) is 5.12. The van der Waals surface area contributed by atoms with Gasteiger partial charge in [-0.15, -0.1) is 0 Å². The van der Waals surface area contributed by atoms with Gasteiger partial charge in [-0.1, -0.05) is 29.8 Å². The molecule has 152 valence electrons. The van der Waals surface area contributed by atoms with Crippen LogP contribution in [0, 0.1) is 6.92 Å². The molecule has 0 radical (unpaired) electrons. The fourth-order valence-electron chi connectivity index (χ4n) is 3.68. The van der Waals surface area contributed by atoms with E-state index in [1.54, 1.807) is 19.3 Å². The molecule has 4 rings (SSSR count). The first-order valence-electron chi connectivity index (χ1n) is 9.70. The quantitative estimate of drug-likeness (QED) is 0.448. The Balaban J connectivity index is 1.56. The van der Waals surface area contributed by atoms with E-state index < -0.39 is 0 Å². The van der Waals surface area contributed by atoms with E-state index in [-0.39, 0.29) is 5.91 Å². The first-order valence-corrected chi connectivity index (χ1v) is 10.1. The molecule has 2 aromatic carbocycles. The van der Waals surface area contributed by atoms with Crippen LogP contribution < -0.4 is 10.1 Å². The Bertz CT molecular complexity index is 1260. The zero-order chi connectivity index (χ0) is 21.1. The minimum Gasteiger partial charge on any atom is -0.497 e. The first-order chi connectivity index (χ1) is 14.6. The van der Waals surface area contributed by atoms with E-state index in [0.29, 0.717) is 18.1 Å². The zero-order valence-corrected chi connectivity index (χ0v) is 17.6. The third kappa shape index (κ3) is 3.89. The largest absolute Gasteiger partial charge is 0.497 e. The predicted molar refractivity (Wildman–Crippen MR) is 122 cm³/mol. The van der Waals surface area contributed by atoms with Crippen molar-refractivity contribution in [3.05, 3.63) is 77.1 Å². The van der Waals surface area contributed by atoms with E-state index in [1.807, 2.05) is 49.5 Å². The molecule has 6 heteroatoms. The molecule has 0 fully saturated rings. The Morgan fingerprint density at radius 1 is 1.20 bits per heavy atom. The molecule has 30 heavy (non-hydrogen) atoms. The number of halogens is 1. The molecule has 0 spiro atoms. The number of amides is 1. The maximum Gasteiger partial charge on any atom is 0.244 e. The van der Waals surface area contributed by atoms with Crippen molar-refractivity contribution in [3.63, 3.8) is 0 Å². The molecule has 0 bridgehead atoms. The summed E-state index contributed by atoms with van der Waals surface area (Å²) < 4.78 is 7.60. The van der Waals surface area contributed by atoms with Crippen LogP contribution in [0.25, 0.3) is 27.9 Å². The van der Waals surface area contributed by atoms with E-state index in [9.17, 15) is 4.79 Å². The Morgan fingerprint density at radius 3 is 2.83 bits per heavy atom. The van der Waals surface area contributed by atoms with Crippen molar-refractivity contribution in [1.29, 1.82) is 0 Å². The number of carbonyl (C=O) groups excluding carboxylic acids is 1. The molecular formula is C24H22ClN3O2. The minimum atomic E-state index is -0.164. The topological polar surface area (TPSA) is 56.1 Å². The molecule has 4 aromatic rings. The average molecular weight is 420 g/mol. The number of hydrogen-bond donors (Lipinski definition) is 1. The zero-order valence-electron chi connectivity index (χ0n) is 16.9. The van der Waals surface area contributed by atoms with Crippen LogP contribution in [0.5, 0.6) is 5.75 Å². The molecule has 2 aromatic heterocycles. The van der Waals surface area contributed by atoms with Crippen molar-refractivity contribution in [3.8, 4) is 5.75 Å². The molecule has 2 heterocycles. The van der Waals surface area contributed by atoms with Crippen molar-refractivity contribution < 1.29 is 9.53 Å². The van der Waals surface area contributed by atoms with Gasteiger partial charge in [0.1, 0.15) is 5.75 Å². The number of benzene rings is 2. The van der Waals surface area contributed by atoms with Crippen LogP contribution in [-0.4, -0.2) is 29.1 Å². The molecule has 5 nitrogen and oxygen atoms in total. The van der Waals surface area contributed by atoms with Crippen LogP contribution in [0.1, 0.15) is 11.3 Å². The number of nitrogens with one attached hydrogen (secondary N) is 1. The fraction of sp³-hybridized carbons (Fsp3) is 0.167. The highest BCUT2D eigenvalue weighted by atomic mass is 35.5. The number of carbonyl (C=O) groups is 1. The maximum absolute atomic E-state index is 12.3. The summed E-state index contributed by atoms with van der Waals surface area (Å²) in [6.45, 7) is 3.10. The van der Waals surface area contributed by atoms with E-state index in [1.165, 1.54) is 6.08 Å². The van der Waals surface area contributed by atoms with E-state index >= 15 is 0 Å². The molecule has 0 unspecified atom stereocenters. The number of nitrogens with zero attached hydrogens (tertiary/aromatic N) is 2. The monoisotopic (exact) mass is 419 g/mol. The van der Waals surface area contributed by atoms with Crippen LogP contribution in [0.4, 0.5) is 0 Å². The number of hydrogen-bond acceptors (Lipinski definition) is 3. The van der Waals surface area contributed by atoms with E-state index in [2.05, 4.69) is 20.9 Å². The highest BCUT2D eigenvalue weighted by molar-refractivity contribution is 6.32. The lowest BCUT2D eigenvalue weighted by Crippen LogP contribution is -2.25. The summed E-state index contributed by atoms with van der Waals surface area (Å²) in [4.78, 5) is 16.7. The summed E-state index contributed by atoms with van der Waals surface area (Å²) in [6.07, 6.45) is 5.05. The summed E-state index contributed by atoms with van der Waals surface area (Å²) in [5.41, 5.74) is 3.89. The van der Waals surface area contributed by atoms with Crippen LogP contribution in [-0.2, 0) is 11.3 Å². The van der Waals surface area contributed by atoms with Crippen molar-refractivity contribution in [2.45, 2.75) is 13.5 Å². The third-order valence-corrected chi connectivity index (χ3v) is 5.46. The Morgan fingerprint density at radius 2 is 2.03 bits per heavy atom. The standard InChI is InChI=1S/C24H22ClN3O2/c1-16-24-20(11-12-26-16)19-9-8-18(30-2)15-22(19)28(24)14-13-27-23(29)10-7-17-5-3-4-6-21(17)25/h3-12,15H,13-14H2,1-2H3,(H,27,29)/b10-7+. The van der Waals surface area contributed by atoms with Gasteiger partial charge in [-0.3, -0.25) is 9.78 Å². The summed E-state index contributed by atoms with van der Waals surface area (Å²) in [5, 5.41) is 5.85. The Hall–Kier alpha value is -3.31. The number of pyridine rings is 1. The van der Waals surface area contributed by atoms with Crippen molar-refractivity contribution in [1.82, 2.24) is 14.9 Å². The van der Waals surface area contributed by atoms with Gasteiger partial charge in [0, 0.05) is 47.2 Å². The summed E-state index contributed by atoms with van der Waals surface area (Å²) >= 11 is 6.13. The Kier molecular flexibility index (Phi) is 5.72.